The van der Waals surface area contributed by atoms with Crippen LogP contribution in [0.4, 0.5) is 5.13 Å². The number of anilines is 1. The molecule has 0 spiro atoms. The van der Waals surface area contributed by atoms with E-state index in [0.717, 1.165) is 4.70 Å². The van der Waals surface area contributed by atoms with Gasteiger partial charge in [-0.25, -0.2) is 4.98 Å². The molecule has 2 heterocycles. The van der Waals surface area contributed by atoms with Crippen LogP contribution in [-0.2, 0) is 0 Å². The number of nitrogens with zero attached hydrogens (tertiary/aromatic N) is 2. The number of aromatic nitrogens is 2. The van der Waals surface area contributed by atoms with Gasteiger partial charge in [-0.15, -0.1) is 0 Å². The number of halogens is 1. The fourth-order valence-corrected chi connectivity index (χ4v) is 4.04. The fraction of sp³-hybridized carbons (Fsp3) is 0.150. The summed E-state index contributed by atoms with van der Waals surface area (Å²) in [5.41, 5.74) is 2.01. The molecule has 0 saturated heterocycles. The third kappa shape index (κ3) is 3.52. The van der Waals surface area contributed by atoms with E-state index < -0.39 is 0 Å². The van der Waals surface area contributed by atoms with Crippen LogP contribution >= 0.6 is 22.9 Å². The number of nitrogens with one attached hydrogen (secondary N) is 1. The van der Waals surface area contributed by atoms with Crippen LogP contribution in [0.15, 0.2) is 40.9 Å². The van der Waals surface area contributed by atoms with Gasteiger partial charge < -0.3 is 14.0 Å². The summed E-state index contributed by atoms with van der Waals surface area (Å²) in [6.07, 6.45) is 0. The van der Waals surface area contributed by atoms with Gasteiger partial charge in [0.15, 0.2) is 16.6 Å². The van der Waals surface area contributed by atoms with Crippen LogP contribution in [0.1, 0.15) is 16.1 Å². The van der Waals surface area contributed by atoms with Gasteiger partial charge in [-0.2, -0.15) is 0 Å². The average Bonchev–Trinajstić information content (AvgIpc) is 3.29. The van der Waals surface area contributed by atoms with Crippen molar-refractivity contribution in [1.82, 2.24) is 10.1 Å². The first-order chi connectivity index (χ1) is 14.0. The van der Waals surface area contributed by atoms with Gasteiger partial charge in [0.1, 0.15) is 17.0 Å². The Balaban J connectivity index is 1.69. The molecule has 4 rings (SSSR count). The largest absolute Gasteiger partial charge is 0.493 e. The van der Waals surface area contributed by atoms with Crippen LogP contribution in [0.5, 0.6) is 11.5 Å². The van der Waals surface area contributed by atoms with E-state index >= 15 is 0 Å². The molecule has 29 heavy (non-hydrogen) atoms. The molecule has 0 atom stereocenters. The number of carbonyl (C=O) groups excluding carboxylic acids is 1. The molecule has 7 nitrogen and oxygen atoms in total. The predicted molar refractivity (Wildman–Crippen MR) is 112 cm³/mol. The van der Waals surface area contributed by atoms with E-state index in [4.69, 9.17) is 25.6 Å². The molecule has 4 aromatic rings. The lowest BCUT2D eigenvalue weighted by Gasteiger charge is -2.05. The number of fused-ring (bicyclic) bond motifs is 1. The summed E-state index contributed by atoms with van der Waals surface area (Å²) in [6.45, 7) is 1.68. The number of ether oxygens (including phenoxy) is 2. The van der Waals surface area contributed by atoms with Gasteiger partial charge >= 0.3 is 0 Å². The number of hydrogen-bond donors (Lipinski definition) is 1. The third-order valence-electron chi connectivity index (χ3n) is 4.33. The molecule has 1 amide bonds. The zero-order valence-electron chi connectivity index (χ0n) is 15.8. The van der Waals surface area contributed by atoms with Gasteiger partial charge in [0.05, 0.1) is 29.5 Å². The van der Waals surface area contributed by atoms with E-state index in [0.29, 0.717) is 49.8 Å². The zero-order chi connectivity index (χ0) is 20.5. The molecule has 2 aromatic carbocycles. The standard InChI is InChI=1S/C20H16ClN3O4S/c1-10-17(18(24-28-10)11-6-4-5-7-12(11)21)19(25)23-20-22-13-8-14(26-2)15(27-3)9-16(13)29-20/h4-9H,1-3H3,(H,22,23,25). The van der Waals surface area contributed by atoms with Gasteiger partial charge in [0.2, 0.25) is 0 Å². The Kier molecular flexibility index (Phi) is 5.12. The average molecular weight is 430 g/mol. The first kappa shape index (κ1) is 19.2. The Bertz CT molecular complexity index is 1180. The molecule has 0 fully saturated rings. The minimum Gasteiger partial charge on any atom is -0.493 e. The van der Waals surface area contributed by atoms with Crippen molar-refractivity contribution in [3.05, 3.63) is 52.7 Å². The van der Waals surface area contributed by atoms with Crippen molar-refractivity contribution in [2.45, 2.75) is 6.92 Å². The lowest BCUT2D eigenvalue weighted by Crippen LogP contribution is -2.13. The van der Waals surface area contributed by atoms with Crippen molar-refractivity contribution in [3.63, 3.8) is 0 Å². The molecule has 0 bridgehead atoms. The van der Waals surface area contributed by atoms with Crippen LogP contribution in [0, 0.1) is 6.92 Å². The normalized spacial score (nSPS) is 10.9. The highest BCUT2D eigenvalue weighted by molar-refractivity contribution is 7.22. The molecular weight excluding hydrogens is 414 g/mol. The number of thiazole rings is 1. The molecule has 0 aliphatic carbocycles. The van der Waals surface area contributed by atoms with Crippen LogP contribution in [0.25, 0.3) is 21.5 Å². The first-order valence-corrected chi connectivity index (χ1v) is 9.76. The number of methoxy groups -OCH3 is 2. The third-order valence-corrected chi connectivity index (χ3v) is 5.60. The highest BCUT2D eigenvalue weighted by Crippen LogP contribution is 2.37. The molecular formula is C20H16ClN3O4S. The molecule has 1 N–H and O–H groups in total. The first-order valence-electron chi connectivity index (χ1n) is 8.57. The van der Waals surface area contributed by atoms with Gasteiger partial charge in [-0.1, -0.05) is 46.3 Å². The molecule has 0 radical (unpaired) electrons. The zero-order valence-corrected chi connectivity index (χ0v) is 17.4. The lowest BCUT2D eigenvalue weighted by atomic mass is 10.1. The number of benzene rings is 2. The Hall–Kier alpha value is -3.10. The summed E-state index contributed by atoms with van der Waals surface area (Å²) in [5, 5.41) is 7.77. The van der Waals surface area contributed by atoms with E-state index in [1.807, 2.05) is 18.2 Å². The summed E-state index contributed by atoms with van der Waals surface area (Å²) in [4.78, 5) is 17.5. The maximum atomic E-state index is 13.0. The molecule has 0 aliphatic heterocycles. The van der Waals surface area contributed by atoms with E-state index in [-0.39, 0.29) is 5.91 Å². The number of amides is 1. The second kappa shape index (κ2) is 7.73. The van der Waals surface area contributed by atoms with Gasteiger partial charge in [0.25, 0.3) is 5.91 Å². The van der Waals surface area contributed by atoms with E-state index in [1.54, 1.807) is 39.3 Å². The Morgan fingerprint density at radius 1 is 1.17 bits per heavy atom. The molecule has 2 aromatic heterocycles. The van der Waals surface area contributed by atoms with Crippen LogP contribution in [0.2, 0.25) is 5.02 Å². The van der Waals surface area contributed by atoms with E-state index in [1.165, 1.54) is 11.3 Å². The van der Waals surface area contributed by atoms with Crippen molar-refractivity contribution in [1.29, 1.82) is 0 Å². The van der Waals surface area contributed by atoms with Crippen LogP contribution in [0.3, 0.4) is 0 Å². The summed E-state index contributed by atoms with van der Waals surface area (Å²) in [6, 6.07) is 10.7. The summed E-state index contributed by atoms with van der Waals surface area (Å²) in [5.74, 6) is 1.18. The fourth-order valence-electron chi connectivity index (χ4n) is 2.94. The quantitative estimate of drug-likeness (QED) is 0.470. The topological polar surface area (TPSA) is 86.5 Å². The predicted octanol–water partition coefficient (Wildman–Crippen LogP) is 5.18. The lowest BCUT2D eigenvalue weighted by molar-refractivity contribution is 0.102. The minimum atomic E-state index is -0.378. The second-order valence-corrected chi connectivity index (χ2v) is 7.53. The Morgan fingerprint density at radius 2 is 1.90 bits per heavy atom. The van der Waals surface area contributed by atoms with Crippen molar-refractivity contribution in [2.24, 2.45) is 0 Å². The number of hydrogen-bond acceptors (Lipinski definition) is 7. The second-order valence-electron chi connectivity index (χ2n) is 6.09. The summed E-state index contributed by atoms with van der Waals surface area (Å²) < 4.78 is 16.7. The summed E-state index contributed by atoms with van der Waals surface area (Å²) in [7, 11) is 3.13. The molecule has 0 saturated carbocycles. The van der Waals surface area contributed by atoms with Crippen molar-refractivity contribution in [2.75, 3.05) is 19.5 Å². The highest BCUT2D eigenvalue weighted by atomic mass is 35.5. The minimum absolute atomic E-state index is 0.313. The highest BCUT2D eigenvalue weighted by Gasteiger charge is 2.24. The SMILES string of the molecule is COc1cc2nc(NC(=O)c3c(-c4ccccc4Cl)noc3C)sc2cc1OC. The van der Waals surface area contributed by atoms with Gasteiger partial charge in [-0.3, -0.25) is 10.1 Å². The van der Waals surface area contributed by atoms with Crippen LogP contribution in [-0.4, -0.2) is 30.3 Å². The number of carbonyl (C=O) groups is 1. The summed E-state index contributed by atoms with van der Waals surface area (Å²) >= 11 is 7.59. The smallest absolute Gasteiger partial charge is 0.263 e. The maximum Gasteiger partial charge on any atom is 0.263 e. The van der Waals surface area contributed by atoms with Crippen molar-refractivity contribution >= 4 is 44.2 Å². The number of aryl methyl sites for hydroxylation is 1. The van der Waals surface area contributed by atoms with Crippen LogP contribution < -0.4 is 14.8 Å². The Labute approximate surface area is 175 Å². The Morgan fingerprint density at radius 3 is 2.62 bits per heavy atom. The van der Waals surface area contributed by atoms with Gasteiger partial charge in [0, 0.05) is 17.7 Å². The molecule has 0 unspecified atom stereocenters. The van der Waals surface area contributed by atoms with E-state index in [2.05, 4.69) is 15.5 Å². The maximum absolute atomic E-state index is 13.0. The molecule has 9 heteroatoms. The molecule has 148 valence electrons. The number of rotatable bonds is 5. The van der Waals surface area contributed by atoms with Crippen molar-refractivity contribution in [3.8, 4) is 22.8 Å². The van der Waals surface area contributed by atoms with E-state index in [9.17, 15) is 4.79 Å². The monoisotopic (exact) mass is 429 g/mol. The molecule has 0 aliphatic rings. The van der Waals surface area contributed by atoms with Gasteiger partial charge in [-0.05, 0) is 13.0 Å². The van der Waals surface area contributed by atoms with Crippen molar-refractivity contribution < 1.29 is 18.8 Å².